The molecule has 0 aliphatic carbocycles. The van der Waals surface area contributed by atoms with E-state index in [0.717, 1.165) is 11.1 Å². The molecular formula is C19H21NO2. The Bertz CT molecular complexity index is 662. The highest BCUT2D eigenvalue weighted by molar-refractivity contribution is 5.83. The van der Waals surface area contributed by atoms with Crippen LogP contribution in [-0.4, -0.2) is 17.6 Å². The minimum absolute atomic E-state index is 0.0296. The molecule has 1 amide bonds. The summed E-state index contributed by atoms with van der Waals surface area (Å²) in [6.07, 6.45) is 0. The van der Waals surface area contributed by atoms with Gasteiger partial charge in [-0.3, -0.25) is 9.63 Å². The average Bonchev–Trinajstić information content (AvgIpc) is 2.78. The van der Waals surface area contributed by atoms with E-state index < -0.39 is 5.41 Å². The molecule has 1 atom stereocenters. The van der Waals surface area contributed by atoms with Gasteiger partial charge in [-0.1, -0.05) is 60.2 Å². The minimum Gasteiger partial charge on any atom is -0.272 e. The van der Waals surface area contributed by atoms with Gasteiger partial charge in [-0.05, 0) is 31.9 Å². The Labute approximate surface area is 131 Å². The van der Waals surface area contributed by atoms with E-state index in [4.69, 9.17) is 4.84 Å². The first-order valence-electron chi connectivity index (χ1n) is 7.57. The molecule has 3 nitrogen and oxygen atoms in total. The predicted molar refractivity (Wildman–Crippen MR) is 86.0 cm³/mol. The van der Waals surface area contributed by atoms with E-state index in [1.54, 1.807) is 5.06 Å². The Morgan fingerprint density at radius 3 is 2.14 bits per heavy atom. The number of benzene rings is 2. The first kappa shape index (κ1) is 14.8. The van der Waals surface area contributed by atoms with Crippen molar-refractivity contribution in [3.63, 3.8) is 0 Å². The zero-order valence-corrected chi connectivity index (χ0v) is 13.2. The molecule has 22 heavy (non-hydrogen) atoms. The second-order valence-electron chi connectivity index (χ2n) is 6.51. The molecule has 0 saturated carbocycles. The SMILES string of the molecule is Cc1ccc(C(c2ccccc2)N2OCC(C)(C)C2=O)cc1. The van der Waals surface area contributed by atoms with Crippen molar-refractivity contribution < 1.29 is 9.63 Å². The Balaban J connectivity index is 2.04. The molecule has 2 aromatic rings. The van der Waals surface area contributed by atoms with Gasteiger partial charge in [0.2, 0.25) is 0 Å². The summed E-state index contributed by atoms with van der Waals surface area (Å²) < 4.78 is 0. The Hall–Kier alpha value is -2.13. The normalized spacial score (nSPS) is 18.5. The van der Waals surface area contributed by atoms with Crippen LogP contribution in [0.25, 0.3) is 0 Å². The maximum atomic E-state index is 12.7. The van der Waals surface area contributed by atoms with Crippen molar-refractivity contribution in [2.75, 3.05) is 6.61 Å². The smallest absolute Gasteiger partial charge is 0.255 e. The number of carbonyl (C=O) groups excluding carboxylic acids is 1. The lowest BCUT2D eigenvalue weighted by molar-refractivity contribution is -0.171. The van der Waals surface area contributed by atoms with Crippen LogP contribution in [0.3, 0.4) is 0 Å². The Kier molecular flexibility index (Phi) is 3.75. The van der Waals surface area contributed by atoms with Crippen LogP contribution >= 0.6 is 0 Å². The Morgan fingerprint density at radius 2 is 1.59 bits per heavy atom. The highest BCUT2D eigenvalue weighted by Crippen LogP contribution is 2.37. The molecule has 0 spiro atoms. The van der Waals surface area contributed by atoms with Gasteiger partial charge in [-0.2, -0.15) is 0 Å². The first-order chi connectivity index (χ1) is 10.5. The third-order valence-electron chi connectivity index (χ3n) is 4.09. The second kappa shape index (κ2) is 5.58. The van der Waals surface area contributed by atoms with E-state index in [0.29, 0.717) is 6.61 Å². The van der Waals surface area contributed by atoms with Crippen LogP contribution in [0, 0.1) is 12.3 Å². The molecule has 0 N–H and O–H groups in total. The largest absolute Gasteiger partial charge is 0.272 e. The molecular weight excluding hydrogens is 274 g/mol. The average molecular weight is 295 g/mol. The van der Waals surface area contributed by atoms with E-state index in [2.05, 4.69) is 31.2 Å². The van der Waals surface area contributed by atoms with Gasteiger partial charge in [0.05, 0.1) is 12.0 Å². The van der Waals surface area contributed by atoms with Crippen LogP contribution in [0.1, 0.15) is 36.6 Å². The van der Waals surface area contributed by atoms with Crippen molar-refractivity contribution in [1.29, 1.82) is 0 Å². The van der Waals surface area contributed by atoms with Gasteiger partial charge in [-0.25, -0.2) is 5.06 Å². The van der Waals surface area contributed by atoms with Gasteiger partial charge in [-0.15, -0.1) is 0 Å². The molecule has 1 unspecified atom stereocenters. The number of rotatable bonds is 3. The summed E-state index contributed by atoms with van der Waals surface area (Å²) in [5.74, 6) is 0.0296. The number of carbonyl (C=O) groups is 1. The molecule has 1 aliphatic heterocycles. The fourth-order valence-corrected chi connectivity index (χ4v) is 2.69. The number of hydroxylamine groups is 2. The van der Waals surface area contributed by atoms with Gasteiger partial charge in [0, 0.05) is 0 Å². The number of hydrogen-bond acceptors (Lipinski definition) is 2. The van der Waals surface area contributed by atoms with Crippen LogP contribution in [0.4, 0.5) is 0 Å². The standard InChI is InChI=1S/C19H21NO2/c1-14-9-11-16(12-10-14)17(15-7-5-4-6-8-15)20-18(21)19(2,3)13-22-20/h4-12,17H,13H2,1-3H3. The highest BCUT2D eigenvalue weighted by Gasteiger charge is 2.44. The fourth-order valence-electron chi connectivity index (χ4n) is 2.69. The monoisotopic (exact) mass is 295 g/mol. The minimum atomic E-state index is -0.474. The number of aryl methyl sites for hydroxylation is 1. The van der Waals surface area contributed by atoms with E-state index in [1.807, 2.05) is 44.2 Å². The molecule has 3 heteroatoms. The Morgan fingerprint density at radius 1 is 1.00 bits per heavy atom. The van der Waals surface area contributed by atoms with Crippen molar-refractivity contribution in [3.05, 3.63) is 71.3 Å². The zero-order valence-electron chi connectivity index (χ0n) is 13.2. The molecule has 0 radical (unpaired) electrons. The molecule has 114 valence electrons. The number of nitrogens with zero attached hydrogens (tertiary/aromatic N) is 1. The number of amides is 1. The summed E-state index contributed by atoms with van der Waals surface area (Å²) in [5.41, 5.74) is 2.84. The molecule has 0 bridgehead atoms. The summed E-state index contributed by atoms with van der Waals surface area (Å²) in [4.78, 5) is 18.4. The molecule has 1 fully saturated rings. The molecule has 1 heterocycles. The molecule has 0 aromatic heterocycles. The number of hydrogen-bond donors (Lipinski definition) is 0. The van der Waals surface area contributed by atoms with E-state index in [9.17, 15) is 4.79 Å². The van der Waals surface area contributed by atoms with Gasteiger partial charge < -0.3 is 0 Å². The second-order valence-corrected chi connectivity index (χ2v) is 6.51. The maximum absolute atomic E-state index is 12.7. The summed E-state index contributed by atoms with van der Waals surface area (Å²) >= 11 is 0. The van der Waals surface area contributed by atoms with Gasteiger partial charge >= 0.3 is 0 Å². The highest BCUT2D eigenvalue weighted by atomic mass is 16.7. The van der Waals surface area contributed by atoms with E-state index in [-0.39, 0.29) is 11.9 Å². The molecule has 2 aromatic carbocycles. The van der Waals surface area contributed by atoms with Crippen LogP contribution in [0.5, 0.6) is 0 Å². The van der Waals surface area contributed by atoms with E-state index >= 15 is 0 Å². The quantitative estimate of drug-likeness (QED) is 0.860. The zero-order chi connectivity index (χ0) is 15.7. The lowest BCUT2D eigenvalue weighted by Crippen LogP contribution is -2.34. The van der Waals surface area contributed by atoms with Gasteiger partial charge in [0.15, 0.2) is 0 Å². The van der Waals surface area contributed by atoms with Crippen LogP contribution in [-0.2, 0) is 9.63 Å². The summed E-state index contributed by atoms with van der Waals surface area (Å²) in [6.45, 7) is 6.32. The summed E-state index contributed by atoms with van der Waals surface area (Å²) in [5, 5.41) is 1.54. The van der Waals surface area contributed by atoms with Crippen LogP contribution in [0.15, 0.2) is 54.6 Å². The molecule has 1 aliphatic rings. The van der Waals surface area contributed by atoms with Crippen molar-refractivity contribution in [2.24, 2.45) is 5.41 Å². The summed E-state index contributed by atoms with van der Waals surface area (Å²) in [6, 6.07) is 18.1. The maximum Gasteiger partial charge on any atom is 0.255 e. The fraction of sp³-hybridized carbons (Fsp3) is 0.316. The van der Waals surface area contributed by atoms with Gasteiger partial charge in [0.25, 0.3) is 5.91 Å². The van der Waals surface area contributed by atoms with Crippen molar-refractivity contribution in [2.45, 2.75) is 26.8 Å². The molecule has 1 saturated heterocycles. The van der Waals surface area contributed by atoms with Crippen molar-refractivity contribution >= 4 is 5.91 Å². The topological polar surface area (TPSA) is 29.5 Å². The first-order valence-corrected chi connectivity index (χ1v) is 7.57. The molecule has 3 rings (SSSR count). The summed E-state index contributed by atoms with van der Waals surface area (Å²) in [7, 11) is 0. The third kappa shape index (κ3) is 2.64. The van der Waals surface area contributed by atoms with Crippen molar-refractivity contribution in [1.82, 2.24) is 5.06 Å². The lowest BCUT2D eigenvalue weighted by Gasteiger charge is -2.28. The van der Waals surface area contributed by atoms with Gasteiger partial charge in [0.1, 0.15) is 6.04 Å². The van der Waals surface area contributed by atoms with Crippen LogP contribution in [0.2, 0.25) is 0 Å². The third-order valence-corrected chi connectivity index (χ3v) is 4.09. The van der Waals surface area contributed by atoms with Crippen LogP contribution < -0.4 is 0 Å². The van der Waals surface area contributed by atoms with Crippen molar-refractivity contribution in [3.8, 4) is 0 Å². The van der Waals surface area contributed by atoms with E-state index in [1.165, 1.54) is 5.56 Å². The predicted octanol–water partition coefficient (Wildman–Crippen LogP) is 3.88. The lowest BCUT2D eigenvalue weighted by atomic mass is 9.92.